The van der Waals surface area contributed by atoms with Crippen LogP contribution in [0.3, 0.4) is 0 Å². The number of nitrogens with zero attached hydrogens (tertiary/aromatic N) is 3. The van der Waals surface area contributed by atoms with Gasteiger partial charge in [-0.15, -0.1) is 0 Å². The van der Waals surface area contributed by atoms with Crippen LogP contribution in [0.25, 0.3) is 16.9 Å². The smallest absolute Gasteiger partial charge is 0.277 e. The normalized spacial score (nSPS) is 10.9. The molecule has 34 heavy (non-hydrogen) atoms. The summed E-state index contributed by atoms with van der Waals surface area (Å²) in [6.45, 7) is 3.36. The average Bonchev–Trinajstić information content (AvgIpc) is 3.29. The molecule has 8 heteroatoms. The van der Waals surface area contributed by atoms with Gasteiger partial charge in [-0.2, -0.15) is 9.61 Å². The number of benzene rings is 2. The third-order valence-corrected chi connectivity index (χ3v) is 5.99. The number of anilines is 1. The second kappa shape index (κ2) is 9.35. The van der Waals surface area contributed by atoms with E-state index in [0.29, 0.717) is 28.2 Å². The molecule has 0 aliphatic carbocycles. The van der Waals surface area contributed by atoms with Crippen molar-refractivity contribution in [2.45, 2.75) is 26.7 Å². The molecule has 4 aromatic rings. The molecular weight excluding hydrogens is 432 g/mol. The Kier molecular flexibility index (Phi) is 6.32. The number of methoxy groups -OCH3 is 1. The van der Waals surface area contributed by atoms with Crippen molar-refractivity contribution in [1.82, 2.24) is 14.2 Å². The fourth-order valence-corrected chi connectivity index (χ4v) is 3.86. The van der Waals surface area contributed by atoms with Crippen molar-refractivity contribution < 1.29 is 14.3 Å². The van der Waals surface area contributed by atoms with E-state index in [0.717, 1.165) is 17.0 Å². The summed E-state index contributed by atoms with van der Waals surface area (Å²) in [5.74, 6) is 0.499. The van der Waals surface area contributed by atoms with Gasteiger partial charge in [0.25, 0.3) is 5.56 Å². The molecule has 2 aromatic heterocycles. The van der Waals surface area contributed by atoms with Gasteiger partial charge in [0.05, 0.1) is 12.8 Å². The van der Waals surface area contributed by atoms with Crippen LogP contribution in [0, 0.1) is 6.92 Å². The number of hydrogen-bond donors (Lipinski definition) is 1. The Labute approximate surface area is 196 Å². The number of hydrogen-bond acceptors (Lipinski definition) is 5. The summed E-state index contributed by atoms with van der Waals surface area (Å²) >= 11 is 0. The topological polar surface area (TPSA) is 94.7 Å². The van der Waals surface area contributed by atoms with Crippen LogP contribution in [0.5, 0.6) is 5.75 Å². The van der Waals surface area contributed by atoms with Crippen molar-refractivity contribution in [2.24, 2.45) is 7.05 Å². The summed E-state index contributed by atoms with van der Waals surface area (Å²) in [6.07, 6.45) is 0.423. The van der Waals surface area contributed by atoms with Crippen LogP contribution < -0.4 is 15.6 Å². The van der Waals surface area contributed by atoms with Gasteiger partial charge >= 0.3 is 0 Å². The van der Waals surface area contributed by atoms with Crippen molar-refractivity contribution in [1.29, 1.82) is 0 Å². The van der Waals surface area contributed by atoms with Crippen LogP contribution in [-0.4, -0.2) is 33.0 Å². The second-order valence-corrected chi connectivity index (χ2v) is 8.14. The van der Waals surface area contributed by atoms with Crippen LogP contribution in [0.1, 0.15) is 35.0 Å². The molecule has 4 rings (SSSR count). The zero-order chi connectivity index (χ0) is 24.4. The van der Waals surface area contributed by atoms with Gasteiger partial charge < -0.3 is 14.6 Å². The molecule has 0 aliphatic rings. The largest absolute Gasteiger partial charge is 0.497 e. The first-order valence-corrected chi connectivity index (χ1v) is 10.9. The number of Topliss-reactive ketones (excluding diaryl/α,β-unsaturated/α-hetero) is 1. The SMILES string of the molecule is COc1ccc(-c2cc3n(C)c(C)c(CCC(=O)Nc4ccc(C(C)=O)cc4)c(=O)n3n2)cc1. The minimum absolute atomic E-state index is 0.0339. The highest BCUT2D eigenvalue weighted by atomic mass is 16.5. The van der Waals surface area contributed by atoms with Crippen LogP contribution in [-0.2, 0) is 18.3 Å². The zero-order valence-electron chi connectivity index (χ0n) is 19.6. The maximum atomic E-state index is 13.2. The van der Waals surface area contributed by atoms with E-state index in [2.05, 4.69) is 10.4 Å². The van der Waals surface area contributed by atoms with Crippen LogP contribution in [0.2, 0.25) is 0 Å². The van der Waals surface area contributed by atoms with Gasteiger partial charge in [-0.25, -0.2) is 0 Å². The molecule has 0 aliphatic heterocycles. The van der Waals surface area contributed by atoms with Crippen LogP contribution in [0.4, 0.5) is 5.69 Å². The van der Waals surface area contributed by atoms with Crippen LogP contribution in [0.15, 0.2) is 59.4 Å². The molecule has 174 valence electrons. The van der Waals surface area contributed by atoms with Gasteiger partial charge in [0.1, 0.15) is 11.4 Å². The van der Waals surface area contributed by atoms with E-state index >= 15 is 0 Å². The monoisotopic (exact) mass is 458 g/mol. The summed E-state index contributed by atoms with van der Waals surface area (Å²) in [7, 11) is 3.49. The number of aromatic nitrogens is 3. The zero-order valence-corrected chi connectivity index (χ0v) is 19.6. The summed E-state index contributed by atoms with van der Waals surface area (Å²) in [5, 5.41) is 7.34. The van der Waals surface area contributed by atoms with Gasteiger partial charge in [0.15, 0.2) is 5.78 Å². The molecule has 0 bridgehead atoms. The van der Waals surface area contributed by atoms with Gasteiger partial charge in [-0.3, -0.25) is 14.4 Å². The molecule has 2 aromatic carbocycles. The predicted octanol–water partition coefficient (Wildman–Crippen LogP) is 3.79. The quantitative estimate of drug-likeness (QED) is 0.425. The Bertz CT molecular complexity index is 1430. The van der Waals surface area contributed by atoms with Crippen molar-refractivity contribution in [3.8, 4) is 17.0 Å². The lowest BCUT2D eigenvalue weighted by molar-refractivity contribution is -0.116. The van der Waals surface area contributed by atoms with E-state index in [1.54, 1.807) is 31.4 Å². The van der Waals surface area contributed by atoms with Gasteiger partial charge in [0.2, 0.25) is 5.91 Å². The molecule has 0 atom stereocenters. The Balaban J connectivity index is 1.55. The average molecular weight is 459 g/mol. The number of amides is 1. The molecule has 0 radical (unpaired) electrons. The van der Waals surface area contributed by atoms with E-state index in [9.17, 15) is 14.4 Å². The van der Waals surface area contributed by atoms with Crippen molar-refractivity contribution in [3.05, 3.63) is 81.8 Å². The molecule has 0 saturated heterocycles. The Morgan fingerprint density at radius 1 is 1.06 bits per heavy atom. The maximum absolute atomic E-state index is 13.2. The van der Waals surface area contributed by atoms with Gasteiger partial charge in [0, 0.05) is 47.6 Å². The van der Waals surface area contributed by atoms with Crippen molar-refractivity contribution in [3.63, 3.8) is 0 Å². The van der Waals surface area contributed by atoms with Gasteiger partial charge in [-0.1, -0.05) is 0 Å². The maximum Gasteiger partial charge on any atom is 0.277 e. The molecular formula is C26H26N4O4. The number of fused-ring (bicyclic) bond motifs is 1. The molecule has 1 N–H and O–H groups in total. The van der Waals surface area contributed by atoms with Crippen LogP contribution >= 0.6 is 0 Å². The molecule has 0 saturated carbocycles. The fourth-order valence-electron chi connectivity index (χ4n) is 3.86. The highest BCUT2D eigenvalue weighted by Crippen LogP contribution is 2.23. The second-order valence-electron chi connectivity index (χ2n) is 8.14. The van der Waals surface area contributed by atoms with E-state index in [1.807, 2.05) is 48.9 Å². The first kappa shape index (κ1) is 23.0. The molecule has 0 fully saturated rings. The number of aryl methyl sites for hydroxylation is 1. The number of ether oxygens (including phenoxy) is 1. The third-order valence-electron chi connectivity index (χ3n) is 5.99. The van der Waals surface area contributed by atoms with E-state index in [1.165, 1.54) is 11.4 Å². The third kappa shape index (κ3) is 4.47. The number of rotatable bonds is 7. The standard InChI is InChI=1S/C26H26N4O4/c1-16-22(13-14-24(32)27-20-9-5-18(6-10-20)17(2)31)26(33)30-25(29(16)3)15-23(28-30)19-7-11-21(34-4)12-8-19/h5-12,15H,13-14H2,1-4H3,(H,27,32). The number of ketones is 1. The number of nitrogens with one attached hydrogen (secondary N) is 1. The molecule has 0 spiro atoms. The predicted molar refractivity (Wildman–Crippen MR) is 131 cm³/mol. The van der Waals surface area contributed by atoms with E-state index in [4.69, 9.17) is 4.74 Å². The van der Waals surface area contributed by atoms with E-state index in [-0.39, 0.29) is 30.1 Å². The number of carbonyl (C=O) groups excluding carboxylic acids is 2. The van der Waals surface area contributed by atoms with Gasteiger partial charge in [-0.05, 0) is 68.8 Å². The summed E-state index contributed by atoms with van der Waals surface area (Å²) < 4.78 is 8.51. The summed E-state index contributed by atoms with van der Waals surface area (Å²) in [4.78, 5) is 37.1. The van der Waals surface area contributed by atoms with Crippen molar-refractivity contribution >= 4 is 23.0 Å². The number of carbonyl (C=O) groups is 2. The minimum atomic E-state index is -0.232. The Morgan fingerprint density at radius 2 is 1.74 bits per heavy atom. The fraction of sp³-hybridized carbons (Fsp3) is 0.231. The Morgan fingerprint density at radius 3 is 2.35 bits per heavy atom. The summed E-state index contributed by atoms with van der Waals surface area (Å²) in [5.41, 5.74) is 4.51. The highest BCUT2D eigenvalue weighted by molar-refractivity contribution is 5.95. The Hall–Kier alpha value is -4.20. The van der Waals surface area contributed by atoms with Crippen molar-refractivity contribution in [2.75, 3.05) is 12.4 Å². The van der Waals surface area contributed by atoms with E-state index < -0.39 is 0 Å². The lowest BCUT2D eigenvalue weighted by atomic mass is 10.1. The molecule has 1 amide bonds. The highest BCUT2D eigenvalue weighted by Gasteiger charge is 2.17. The molecule has 0 unspecified atom stereocenters. The molecule has 8 nitrogen and oxygen atoms in total. The first-order valence-electron chi connectivity index (χ1n) is 10.9. The minimum Gasteiger partial charge on any atom is -0.497 e. The summed E-state index contributed by atoms with van der Waals surface area (Å²) in [6, 6.07) is 16.1. The lowest BCUT2D eigenvalue weighted by Gasteiger charge is -2.12. The molecule has 2 heterocycles. The lowest BCUT2D eigenvalue weighted by Crippen LogP contribution is -2.26. The first-order chi connectivity index (χ1) is 16.3.